The van der Waals surface area contributed by atoms with Crippen LogP contribution in [0.15, 0.2) is 54.6 Å². The van der Waals surface area contributed by atoms with Crippen molar-refractivity contribution in [2.45, 2.75) is 13.5 Å². The average molecular weight is 380 g/mol. The van der Waals surface area contributed by atoms with E-state index in [2.05, 4.69) is 29.2 Å². The van der Waals surface area contributed by atoms with Crippen molar-refractivity contribution >= 4 is 12.0 Å². The van der Waals surface area contributed by atoms with E-state index < -0.39 is 0 Å². The molecule has 3 rings (SSSR count). The van der Waals surface area contributed by atoms with Gasteiger partial charge in [0.15, 0.2) is 11.5 Å². The van der Waals surface area contributed by atoms with Gasteiger partial charge < -0.3 is 14.4 Å². The molecule has 0 N–H and O–H groups in total. The molecule has 0 spiro atoms. The molecule has 0 radical (unpaired) electrons. The van der Waals surface area contributed by atoms with Crippen LogP contribution in [0.25, 0.3) is 6.08 Å². The number of amides is 1. The van der Waals surface area contributed by atoms with Gasteiger partial charge in [-0.2, -0.15) is 0 Å². The summed E-state index contributed by atoms with van der Waals surface area (Å²) in [5.74, 6) is 1.43. The number of carbonyl (C=O) groups is 1. The van der Waals surface area contributed by atoms with Crippen molar-refractivity contribution < 1.29 is 14.3 Å². The zero-order chi connectivity index (χ0) is 19.8. The van der Waals surface area contributed by atoms with Crippen molar-refractivity contribution in [1.82, 2.24) is 9.80 Å². The third-order valence-electron chi connectivity index (χ3n) is 4.84. The van der Waals surface area contributed by atoms with Gasteiger partial charge in [0, 0.05) is 38.8 Å². The molecule has 148 valence electrons. The van der Waals surface area contributed by atoms with E-state index in [9.17, 15) is 4.79 Å². The van der Waals surface area contributed by atoms with E-state index in [-0.39, 0.29) is 5.91 Å². The number of carbonyl (C=O) groups excluding carboxylic acids is 1. The highest BCUT2D eigenvalue weighted by Gasteiger charge is 2.19. The summed E-state index contributed by atoms with van der Waals surface area (Å²) >= 11 is 0. The third-order valence-corrected chi connectivity index (χ3v) is 4.84. The summed E-state index contributed by atoms with van der Waals surface area (Å²) in [5, 5.41) is 0. The summed E-state index contributed by atoms with van der Waals surface area (Å²) in [5.41, 5.74) is 2.23. The predicted molar refractivity (Wildman–Crippen MR) is 111 cm³/mol. The minimum absolute atomic E-state index is 0.0492. The van der Waals surface area contributed by atoms with E-state index in [1.807, 2.05) is 42.2 Å². The van der Waals surface area contributed by atoms with E-state index in [1.54, 1.807) is 13.2 Å². The van der Waals surface area contributed by atoms with Gasteiger partial charge in [-0.25, -0.2) is 0 Å². The topological polar surface area (TPSA) is 42.0 Å². The van der Waals surface area contributed by atoms with Gasteiger partial charge in [-0.05, 0) is 36.3 Å². The summed E-state index contributed by atoms with van der Waals surface area (Å²) in [7, 11) is 1.62. The van der Waals surface area contributed by atoms with Crippen molar-refractivity contribution in [3.05, 3.63) is 65.7 Å². The third kappa shape index (κ3) is 5.36. The van der Waals surface area contributed by atoms with Crippen LogP contribution >= 0.6 is 0 Å². The van der Waals surface area contributed by atoms with Gasteiger partial charge in [0.2, 0.25) is 5.91 Å². The SMILES string of the molecule is CCOc1cc(/C=C/C(=O)N2CCN(Cc3ccccc3)CC2)ccc1OC. The van der Waals surface area contributed by atoms with Crippen LogP contribution < -0.4 is 9.47 Å². The Morgan fingerprint density at radius 2 is 1.79 bits per heavy atom. The monoisotopic (exact) mass is 380 g/mol. The molecular formula is C23H28N2O3. The van der Waals surface area contributed by atoms with Gasteiger partial charge >= 0.3 is 0 Å². The lowest BCUT2D eigenvalue weighted by molar-refractivity contribution is -0.127. The first-order chi connectivity index (χ1) is 13.7. The van der Waals surface area contributed by atoms with Crippen LogP contribution in [0, 0.1) is 0 Å². The number of benzene rings is 2. The van der Waals surface area contributed by atoms with Crippen LogP contribution in [-0.4, -0.2) is 55.6 Å². The molecule has 0 aromatic heterocycles. The van der Waals surface area contributed by atoms with Crippen molar-refractivity contribution in [2.75, 3.05) is 39.9 Å². The second-order valence-corrected chi connectivity index (χ2v) is 6.76. The van der Waals surface area contributed by atoms with Gasteiger partial charge in [0.25, 0.3) is 0 Å². The largest absolute Gasteiger partial charge is 0.493 e. The van der Waals surface area contributed by atoms with E-state index >= 15 is 0 Å². The highest BCUT2D eigenvalue weighted by molar-refractivity contribution is 5.92. The molecule has 1 amide bonds. The minimum Gasteiger partial charge on any atom is -0.493 e. The van der Waals surface area contributed by atoms with Gasteiger partial charge in [0.05, 0.1) is 13.7 Å². The molecule has 1 fully saturated rings. The molecule has 0 bridgehead atoms. The second kappa shape index (κ2) is 9.95. The molecule has 0 atom stereocenters. The first-order valence-electron chi connectivity index (χ1n) is 9.73. The van der Waals surface area contributed by atoms with Crippen LogP contribution in [0.4, 0.5) is 0 Å². The lowest BCUT2D eigenvalue weighted by atomic mass is 10.1. The quantitative estimate of drug-likeness (QED) is 0.690. The lowest BCUT2D eigenvalue weighted by Gasteiger charge is -2.34. The number of ether oxygens (including phenoxy) is 2. The number of nitrogens with zero attached hydrogens (tertiary/aromatic N) is 2. The lowest BCUT2D eigenvalue weighted by Crippen LogP contribution is -2.47. The molecule has 1 saturated heterocycles. The summed E-state index contributed by atoms with van der Waals surface area (Å²) in [4.78, 5) is 16.8. The number of rotatable bonds is 7. The Labute approximate surface area is 167 Å². The Morgan fingerprint density at radius 3 is 2.46 bits per heavy atom. The van der Waals surface area contributed by atoms with Crippen LogP contribution in [0.3, 0.4) is 0 Å². The molecule has 1 aliphatic rings. The van der Waals surface area contributed by atoms with Crippen LogP contribution in [0.5, 0.6) is 11.5 Å². The Morgan fingerprint density at radius 1 is 1.04 bits per heavy atom. The zero-order valence-electron chi connectivity index (χ0n) is 16.6. The van der Waals surface area contributed by atoms with E-state index in [4.69, 9.17) is 9.47 Å². The fourth-order valence-corrected chi connectivity index (χ4v) is 3.31. The molecule has 2 aromatic rings. The zero-order valence-corrected chi connectivity index (χ0v) is 16.6. The molecular weight excluding hydrogens is 352 g/mol. The maximum absolute atomic E-state index is 12.5. The summed E-state index contributed by atoms with van der Waals surface area (Å²) < 4.78 is 10.9. The maximum Gasteiger partial charge on any atom is 0.246 e. The molecule has 5 nitrogen and oxygen atoms in total. The molecule has 1 heterocycles. The van der Waals surface area contributed by atoms with Crippen molar-refractivity contribution in [3.8, 4) is 11.5 Å². The second-order valence-electron chi connectivity index (χ2n) is 6.76. The molecule has 0 saturated carbocycles. The van der Waals surface area contributed by atoms with Gasteiger partial charge in [-0.15, -0.1) is 0 Å². The smallest absolute Gasteiger partial charge is 0.246 e. The van der Waals surface area contributed by atoms with E-state index in [0.717, 1.165) is 38.3 Å². The van der Waals surface area contributed by atoms with Crippen molar-refractivity contribution in [1.29, 1.82) is 0 Å². The predicted octanol–water partition coefficient (Wildman–Crippen LogP) is 3.45. The first-order valence-corrected chi connectivity index (χ1v) is 9.73. The van der Waals surface area contributed by atoms with Gasteiger partial charge in [-0.3, -0.25) is 9.69 Å². The summed E-state index contributed by atoms with van der Waals surface area (Å²) in [6.45, 7) is 6.73. The Kier molecular flexibility index (Phi) is 7.09. The average Bonchev–Trinajstić information content (AvgIpc) is 2.74. The number of methoxy groups -OCH3 is 1. The number of hydrogen-bond donors (Lipinski definition) is 0. The first kappa shape index (κ1) is 20.0. The molecule has 1 aliphatic heterocycles. The molecule has 28 heavy (non-hydrogen) atoms. The molecule has 0 unspecified atom stereocenters. The Hall–Kier alpha value is -2.79. The Balaban J connectivity index is 1.53. The number of hydrogen-bond acceptors (Lipinski definition) is 4. The maximum atomic E-state index is 12.5. The van der Waals surface area contributed by atoms with Crippen LogP contribution in [0.2, 0.25) is 0 Å². The molecule has 2 aromatic carbocycles. The van der Waals surface area contributed by atoms with Crippen LogP contribution in [0.1, 0.15) is 18.1 Å². The fraction of sp³-hybridized carbons (Fsp3) is 0.348. The fourth-order valence-electron chi connectivity index (χ4n) is 3.31. The highest BCUT2D eigenvalue weighted by atomic mass is 16.5. The summed E-state index contributed by atoms with van der Waals surface area (Å²) in [6.07, 6.45) is 3.48. The standard InChI is InChI=1S/C23H28N2O3/c1-3-28-22-17-19(9-11-21(22)27-2)10-12-23(26)25-15-13-24(14-16-25)18-20-7-5-4-6-8-20/h4-12,17H,3,13-16,18H2,1-2H3/b12-10+. The van der Waals surface area contributed by atoms with Gasteiger partial charge in [-0.1, -0.05) is 36.4 Å². The minimum atomic E-state index is 0.0492. The number of piperazine rings is 1. The highest BCUT2D eigenvalue weighted by Crippen LogP contribution is 2.28. The van der Waals surface area contributed by atoms with Crippen molar-refractivity contribution in [3.63, 3.8) is 0 Å². The van der Waals surface area contributed by atoms with E-state index in [0.29, 0.717) is 18.1 Å². The summed E-state index contributed by atoms with van der Waals surface area (Å²) in [6, 6.07) is 16.1. The van der Waals surface area contributed by atoms with Crippen molar-refractivity contribution in [2.24, 2.45) is 0 Å². The van der Waals surface area contributed by atoms with Gasteiger partial charge in [0.1, 0.15) is 0 Å². The van der Waals surface area contributed by atoms with E-state index in [1.165, 1.54) is 5.56 Å². The molecule has 0 aliphatic carbocycles. The Bertz CT molecular complexity index is 797. The molecule has 5 heteroatoms. The normalized spacial score (nSPS) is 15.0. The van der Waals surface area contributed by atoms with Crippen LogP contribution in [-0.2, 0) is 11.3 Å².